The number of para-hydroxylation sites is 3. The van der Waals surface area contributed by atoms with Crippen LogP contribution in [0.25, 0.3) is 122 Å². The van der Waals surface area contributed by atoms with Crippen molar-refractivity contribution in [3.05, 3.63) is 231 Å². The van der Waals surface area contributed by atoms with Crippen molar-refractivity contribution in [2.75, 3.05) is 0 Å². The lowest BCUT2D eigenvalue weighted by atomic mass is 9.94. The molecule has 4 heteroatoms. The van der Waals surface area contributed by atoms with Crippen molar-refractivity contribution >= 4 is 65.2 Å². The number of nitrogens with zero attached hydrogens (tertiary/aromatic N) is 4. The standard InChI is InChI=1S/C60H38N4/c1-3-18-40(19-4-1)45-23-11-14-28-54(45)63-55-29-15-12-25-47(55)51-36-43(33-34-57(51)63)50-37-52-48-26-13-16-30-56(48)64(59(52)49-27-10-9-24-46(49)50)58-38-53(41-20-5-2-6-21-41)61-60(62-58)44-32-31-39-17-7-8-22-42(39)35-44/h1-38H. The molecule has 0 fully saturated rings. The number of hydrogen-bond donors (Lipinski definition) is 0. The van der Waals surface area contributed by atoms with Gasteiger partial charge in [-0.3, -0.25) is 4.57 Å². The van der Waals surface area contributed by atoms with Crippen molar-refractivity contribution in [2.45, 2.75) is 0 Å². The number of aromatic nitrogens is 4. The van der Waals surface area contributed by atoms with E-state index in [1.165, 1.54) is 65.6 Å². The molecule has 0 amide bonds. The maximum atomic E-state index is 5.43. The summed E-state index contributed by atoms with van der Waals surface area (Å²) in [4.78, 5) is 10.7. The fourth-order valence-corrected chi connectivity index (χ4v) is 9.99. The summed E-state index contributed by atoms with van der Waals surface area (Å²) in [5.41, 5.74) is 13.4. The van der Waals surface area contributed by atoms with E-state index in [0.29, 0.717) is 5.82 Å². The topological polar surface area (TPSA) is 35.6 Å². The van der Waals surface area contributed by atoms with Crippen LogP contribution in [-0.4, -0.2) is 19.1 Å². The smallest absolute Gasteiger partial charge is 0.162 e. The average Bonchev–Trinajstić information content (AvgIpc) is 3.89. The Hall–Kier alpha value is -8.60. The summed E-state index contributed by atoms with van der Waals surface area (Å²) < 4.78 is 4.79. The van der Waals surface area contributed by atoms with Crippen LogP contribution >= 0.6 is 0 Å². The molecule has 13 aromatic rings. The minimum absolute atomic E-state index is 0.688. The molecule has 4 nitrogen and oxygen atoms in total. The van der Waals surface area contributed by atoms with Crippen LogP contribution in [0.5, 0.6) is 0 Å². The summed E-state index contributed by atoms with van der Waals surface area (Å²) in [6, 6.07) is 82.8. The van der Waals surface area contributed by atoms with Crippen LogP contribution in [0.1, 0.15) is 0 Å². The molecule has 0 aliphatic carbocycles. The third-order valence-corrected chi connectivity index (χ3v) is 12.9. The van der Waals surface area contributed by atoms with Gasteiger partial charge in [-0.2, -0.15) is 0 Å². The first-order chi connectivity index (χ1) is 31.7. The molecule has 0 N–H and O–H groups in total. The number of fused-ring (bicyclic) bond motifs is 9. The monoisotopic (exact) mass is 814 g/mol. The van der Waals surface area contributed by atoms with Crippen LogP contribution in [0.2, 0.25) is 0 Å². The molecular formula is C60H38N4. The molecule has 13 rings (SSSR count). The highest BCUT2D eigenvalue weighted by molar-refractivity contribution is 6.22. The number of hydrogen-bond acceptors (Lipinski definition) is 2. The molecule has 0 atom stereocenters. The third-order valence-electron chi connectivity index (χ3n) is 12.9. The van der Waals surface area contributed by atoms with Crippen LogP contribution in [0.3, 0.4) is 0 Å². The Bertz CT molecular complexity index is 3950. The largest absolute Gasteiger partial charge is 0.309 e. The van der Waals surface area contributed by atoms with E-state index in [1.54, 1.807) is 0 Å². The first kappa shape index (κ1) is 36.1. The summed E-state index contributed by atoms with van der Waals surface area (Å²) in [7, 11) is 0. The molecule has 298 valence electrons. The van der Waals surface area contributed by atoms with E-state index in [4.69, 9.17) is 9.97 Å². The van der Waals surface area contributed by atoms with Crippen molar-refractivity contribution in [3.63, 3.8) is 0 Å². The van der Waals surface area contributed by atoms with Gasteiger partial charge >= 0.3 is 0 Å². The van der Waals surface area contributed by atoms with E-state index in [9.17, 15) is 0 Å². The molecule has 0 saturated heterocycles. The van der Waals surface area contributed by atoms with Gasteiger partial charge in [0.25, 0.3) is 0 Å². The molecule has 10 aromatic carbocycles. The average molecular weight is 815 g/mol. The maximum absolute atomic E-state index is 5.43. The highest BCUT2D eigenvalue weighted by Gasteiger charge is 2.22. The van der Waals surface area contributed by atoms with Crippen LogP contribution in [0.4, 0.5) is 0 Å². The van der Waals surface area contributed by atoms with Crippen LogP contribution in [-0.2, 0) is 0 Å². The normalized spacial score (nSPS) is 11.8. The highest BCUT2D eigenvalue weighted by Crippen LogP contribution is 2.44. The molecule has 0 aliphatic heterocycles. The zero-order valence-electron chi connectivity index (χ0n) is 34.7. The minimum atomic E-state index is 0.688. The van der Waals surface area contributed by atoms with Crippen LogP contribution in [0.15, 0.2) is 231 Å². The van der Waals surface area contributed by atoms with Crippen molar-refractivity contribution in [1.82, 2.24) is 19.1 Å². The van der Waals surface area contributed by atoms with Crippen molar-refractivity contribution < 1.29 is 0 Å². The van der Waals surface area contributed by atoms with Gasteiger partial charge in [-0.15, -0.1) is 0 Å². The Morgan fingerprint density at radius 3 is 1.69 bits per heavy atom. The zero-order valence-corrected chi connectivity index (χ0v) is 34.7. The van der Waals surface area contributed by atoms with Gasteiger partial charge in [-0.25, -0.2) is 9.97 Å². The maximum Gasteiger partial charge on any atom is 0.162 e. The van der Waals surface area contributed by atoms with Gasteiger partial charge in [-0.05, 0) is 75.3 Å². The third kappa shape index (κ3) is 5.70. The van der Waals surface area contributed by atoms with E-state index in [-0.39, 0.29) is 0 Å². The van der Waals surface area contributed by atoms with E-state index < -0.39 is 0 Å². The van der Waals surface area contributed by atoms with Gasteiger partial charge in [-0.1, -0.05) is 182 Å². The van der Waals surface area contributed by atoms with Crippen LogP contribution in [0, 0.1) is 0 Å². The zero-order chi connectivity index (χ0) is 42.1. The molecule has 3 aromatic heterocycles. The van der Waals surface area contributed by atoms with Gasteiger partial charge in [0, 0.05) is 49.7 Å². The van der Waals surface area contributed by atoms with E-state index in [0.717, 1.165) is 50.1 Å². The first-order valence-electron chi connectivity index (χ1n) is 21.8. The van der Waals surface area contributed by atoms with Gasteiger partial charge in [0.2, 0.25) is 0 Å². The lowest BCUT2D eigenvalue weighted by molar-refractivity contribution is 1.05. The molecular weight excluding hydrogens is 777 g/mol. The molecule has 0 radical (unpaired) electrons. The Labute approximate surface area is 369 Å². The SMILES string of the molecule is c1ccc(-c2cc(-n3c4ccccc4c4cc(-c5ccc6c(c5)c5ccccc5n6-c5ccccc5-c5ccccc5)c5ccccc5c43)nc(-c3ccc4ccccc4c3)n2)cc1. The fourth-order valence-electron chi connectivity index (χ4n) is 9.99. The molecule has 3 heterocycles. The Morgan fingerprint density at radius 2 is 0.891 bits per heavy atom. The summed E-state index contributed by atoms with van der Waals surface area (Å²) in [5, 5.41) is 9.49. The number of benzene rings is 10. The number of rotatable bonds is 6. The summed E-state index contributed by atoms with van der Waals surface area (Å²) >= 11 is 0. The van der Waals surface area contributed by atoms with Crippen molar-refractivity contribution in [3.8, 4) is 56.4 Å². The summed E-state index contributed by atoms with van der Waals surface area (Å²) in [6.07, 6.45) is 0. The lowest BCUT2D eigenvalue weighted by Crippen LogP contribution is -2.03. The summed E-state index contributed by atoms with van der Waals surface area (Å²) in [6.45, 7) is 0. The lowest BCUT2D eigenvalue weighted by Gasteiger charge is -2.15. The molecule has 64 heavy (non-hydrogen) atoms. The second-order valence-electron chi connectivity index (χ2n) is 16.5. The van der Waals surface area contributed by atoms with Gasteiger partial charge < -0.3 is 4.57 Å². The van der Waals surface area contributed by atoms with Crippen molar-refractivity contribution in [2.24, 2.45) is 0 Å². The first-order valence-corrected chi connectivity index (χ1v) is 21.8. The minimum Gasteiger partial charge on any atom is -0.309 e. The predicted molar refractivity (Wildman–Crippen MR) is 267 cm³/mol. The molecule has 0 bridgehead atoms. The van der Waals surface area contributed by atoms with Gasteiger partial charge in [0.1, 0.15) is 5.82 Å². The Morgan fingerprint density at radius 1 is 0.297 bits per heavy atom. The Kier molecular flexibility index (Phi) is 8.18. The second kappa shape index (κ2) is 14.5. The highest BCUT2D eigenvalue weighted by atomic mass is 15.1. The van der Waals surface area contributed by atoms with Crippen molar-refractivity contribution in [1.29, 1.82) is 0 Å². The van der Waals surface area contributed by atoms with Crippen LogP contribution < -0.4 is 0 Å². The fraction of sp³-hybridized carbons (Fsp3) is 0. The van der Waals surface area contributed by atoms with E-state index in [1.807, 2.05) is 6.07 Å². The van der Waals surface area contributed by atoms with Gasteiger partial charge in [0.15, 0.2) is 5.82 Å². The van der Waals surface area contributed by atoms with E-state index in [2.05, 4.69) is 234 Å². The predicted octanol–water partition coefficient (Wildman–Crippen LogP) is 15.6. The molecule has 0 saturated carbocycles. The molecule has 0 aliphatic rings. The molecule has 0 unspecified atom stereocenters. The molecule has 0 spiro atoms. The Balaban J connectivity index is 1.05. The second-order valence-corrected chi connectivity index (χ2v) is 16.5. The summed E-state index contributed by atoms with van der Waals surface area (Å²) in [5.74, 6) is 1.51. The van der Waals surface area contributed by atoms with Gasteiger partial charge in [0.05, 0.1) is 33.4 Å². The quantitative estimate of drug-likeness (QED) is 0.168. The van der Waals surface area contributed by atoms with E-state index >= 15 is 0 Å².